The summed E-state index contributed by atoms with van der Waals surface area (Å²) in [6.07, 6.45) is 4.85. The Hall–Kier alpha value is -3.55. The average Bonchev–Trinajstić information content (AvgIpc) is 3.28. The first-order valence-electron chi connectivity index (χ1n) is 8.68. The summed E-state index contributed by atoms with van der Waals surface area (Å²) < 4.78 is 3.50. The summed E-state index contributed by atoms with van der Waals surface area (Å²) in [7, 11) is 0. The zero-order valence-corrected chi connectivity index (χ0v) is 15.1. The van der Waals surface area contributed by atoms with Gasteiger partial charge in [-0.2, -0.15) is 5.10 Å². The molecule has 0 bridgehead atoms. The molecule has 136 valence electrons. The van der Waals surface area contributed by atoms with E-state index in [2.05, 4.69) is 25.5 Å². The number of amides is 1. The van der Waals surface area contributed by atoms with E-state index in [1.54, 1.807) is 29.5 Å². The molecule has 1 N–H and O–H groups in total. The third-order valence-electron chi connectivity index (χ3n) is 4.13. The summed E-state index contributed by atoms with van der Waals surface area (Å²) in [6, 6.07) is 11.9. The lowest BCUT2D eigenvalue weighted by molar-refractivity contribution is 0.102. The molecule has 3 aromatic heterocycles. The lowest BCUT2D eigenvalue weighted by Crippen LogP contribution is -2.14. The van der Waals surface area contributed by atoms with Crippen LogP contribution in [0.25, 0.3) is 11.0 Å². The Labute approximate surface area is 155 Å². The number of rotatable bonds is 5. The number of fused-ring (bicyclic) bond motifs is 1. The van der Waals surface area contributed by atoms with Crippen molar-refractivity contribution in [3.8, 4) is 0 Å². The van der Waals surface area contributed by atoms with E-state index in [1.165, 1.54) is 0 Å². The number of pyridine rings is 1. The van der Waals surface area contributed by atoms with Crippen molar-refractivity contribution in [2.45, 2.75) is 26.4 Å². The topological polar surface area (TPSA) is 90.5 Å². The molecule has 0 unspecified atom stereocenters. The summed E-state index contributed by atoms with van der Waals surface area (Å²) in [6.45, 7) is 4.66. The number of anilines is 1. The van der Waals surface area contributed by atoms with E-state index in [-0.39, 0.29) is 17.9 Å². The van der Waals surface area contributed by atoms with Crippen molar-refractivity contribution in [2.24, 2.45) is 0 Å². The molecule has 3 heterocycles. The molecule has 8 nitrogen and oxygen atoms in total. The van der Waals surface area contributed by atoms with Gasteiger partial charge in [-0.3, -0.25) is 10.1 Å². The minimum absolute atomic E-state index is 0.201. The lowest BCUT2D eigenvalue weighted by Gasteiger charge is -2.06. The quantitative estimate of drug-likeness (QED) is 0.590. The minimum Gasteiger partial charge on any atom is -0.289 e. The fraction of sp³-hybridized carbons (Fsp3) is 0.211. The van der Waals surface area contributed by atoms with E-state index in [1.807, 2.05) is 48.9 Å². The van der Waals surface area contributed by atoms with Gasteiger partial charge in [-0.1, -0.05) is 30.3 Å². The highest BCUT2D eigenvalue weighted by Gasteiger charge is 2.13. The number of nitrogens with one attached hydrogen (secondary N) is 1. The van der Waals surface area contributed by atoms with Crippen molar-refractivity contribution in [1.29, 1.82) is 0 Å². The number of aromatic nitrogens is 6. The van der Waals surface area contributed by atoms with Crippen LogP contribution in [0.4, 0.5) is 5.95 Å². The first-order chi connectivity index (χ1) is 13.1. The maximum Gasteiger partial charge on any atom is 0.259 e. The van der Waals surface area contributed by atoms with E-state index in [0.29, 0.717) is 12.1 Å². The molecule has 0 saturated heterocycles. The monoisotopic (exact) mass is 361 g/mol. The molecular weight excluding hydrogens is 342 g/mol. The minimum atomic E-state index is -0.306. The molecule has 4 aromatic rings. The highest BCUT2D eigenvalue weighted by atomic mass is 16.1. The van der Waals surface area contributed by atoms with Crippen LogP contribution in [0, 0.1) is 0 Å². The summed E-state index contributed by atoms with van der Waals surface area (Å²) in [5.74, 6) is -0.0481. The van der Waals surface area contributed by atoms with E-state index < -0.39 is 0 Å². The van der Waals surface area contributed by atoms with Crippen molar-refractivity contribution in [3.05, 3.63) is 66.2 Å². The third kappa shape index (κ3) is 3.55. The van der Waals surface area contributed by atoms with Crippen LogP contribution in [0.2, 0.25) is 0 Å². The van der Waals surface area contributed by atoms with Crippen molar-refractivity contribution >= 4 is 22.9 Å². The highest BCUT2D eigenvalue weighted by Crippen LogP contribution is 2.17. The molecule has 8 heteroatoms. The number of benzene rings is 1. The normalized spacial score (nSPS) is 11.2. The Morgan fingerprint density at radius 2 is 1.96 bits per heavy atom. The number of nitrogens with zero attached hydrogens (tertiary/aromatic N) is 6. The third-order valence-corrected chi connectivity index (χ3v) is 4.13. The standard InChI is InChI=1S/C19H19N7O/c1-13(2)26-17-15(10-22-26)8-16(9-20-17)18(27)23-19-21-12-25(24-19)11-14-6-4-3-5-7-14/h3-10,12-13H,11H2,1-2H3,(H,23,24,27). The number of hydrogen-bond acceptors (Lipinski definition) is 5. The Bertz CT molecular complexity index is 1080. The number of carbonyl (C=O) groups is 1. The Balaban J connectivity index is 1.48. The molecule has 0 atom stereocenters. The van der Waals surface area contributed by atoms with E-state index >= 15 is 0 Å². The zero-order valence-electron chi connectivity index (χ0n) is 15.1. The van der Waals surface area contributed by atoms with Gasteiger partial charge in [0.2, 0.25) is 5.95 Å². The van der Waals surface area contributed by atoms with Crippen LogP contribution in [0.5, 0.6) is 0 Å². The molecule has 1 amide bonds. The molecule has 0 fully saturated rings. The van der Waals surface area contributed by atoms with Crippen LogP contribution >= 0.6 is 0 Å². The smallest absolute Gasteiger partial charge is 0.259 e. The Morgan fingerprint density at radius 3 is 2.74 bits per heavy atom. The molecule has 0 radical (unpaired) electrons. The van der Waals surface area contributed by atoms with Gasteiger partial charge in [0, 0.05) is 17.6 Å². The SMILES string of the molecule is CC(C)n1ncc2cc(C(=O)Nc3ncn(Cc4ccccc4)n3)cnc21. The maximum absolute atomic E-state index is 12.5. The van der Waals surface area contributed by atoms with Crippen molar-refractivity contribution in [2.75, 3.05) is 5.32 Å². The highest BCUT2D eigenvalue weighted by molar-refractivity contribution is 6.04. The lowest BCUT2D eigenvalue weighted by atomic mass is 10.2. The summed E-state index contributed by atoms with van der Waals surface area (Å²) in [5, 5.41) is 12.1. The van der Waals surface area contributed by atoms with E-state index in [0.717, 1.165) is 16.6 Å². The van der Waals surface area contributed by atoms with Gasteiger partial charge in [-0.15, -0.1) is 5.10 Å². The fourth-order valence-electron chi connectivity index (χ4n) is 2.81. The largest absolute Gasteiger partial charge is 0.289 e. The van der Waals surface area contributed by atoms with Gasteiger partial charge in [0.1, 0.15) is 6.33 Å². The van der Waals surface area contributed by atoms with E-state index in [9.17, 15) is 4.79 Å². The molecule has 27 heavy (non-hydrogen) atoms. The first kappa shape index (κ1) is 16.9. The predicted molar refractivity (Wildman–Crippen MR) is 101 cm³/mol. The van der Waals surface area contributed by atoms with Gasteiger partial charge >= 0.3 is 0 Å². The molecular formula is C19H19N7O. The Kier molecular flexibility index (Phi) is 4.37. The van der Waals surface area contributed by atoms with Crippen LogP contribution in [0.1, 0.15) is 35.8 Å². The van der Waals surface area contributed by atoms with Crippen LogP contribution in [0.3, 0.4) is 0 Å². The maximum atomic E-state index is 12.5. The predicted octanol–water partition coefficient (Wildman–Crippen LogP) is 2.90. The van der Waals surface area contributed by atoms with Crippen LogP contribution in [-0.2, 0) is 6.54 Å². The molecule has 4 rings (SSSR count). The van der Waals surface area contributed by atoms with Crippen LogP contribution in [-0.4, -0.2) is 35.4 Å². The molecule has 0 aliphatic carbocycles. The van der Waals surface area contributed by atoms with Gasteiger partial charge < -0.3 is 0 Å². The summed E-state index contributed by atoms with van der Waals surface area (Å²) >= 11 is 0. The van der Waals surface area contributed by atoms with E-state index in [4.69, 9.17) is 0 Å². The number of carbonyl (C=O) groups excluding carboxylic acids is 1. The molecule has 0 aliphatic rings. The second-order valence-corrected chi connectivity index (χ2v) is 6.53. The Morgan fingerprint density at radius 1 is 1.15 bits per heavy atom. The van der Waals surface area contributed by atoms with Crippen molar-refractivity contribution < 1.29 is 4.79 Å². The molecule has 0 aliphatic heterocycles. The van der Waals surface area contributed by atoms with Gasteiger partial charge in [0.25, 0.3) is 5.91 Å². The second-order valence-electron chi connectivity index (χ2n) is 6.53. The van der Waals surface area contributed by atoms with Gasteiger partial charge in [-0.25, -0.2) is 19.3 Å². The molecule has 0 saturated carbocycles. The van der Waals surface area contributed by atoms with Crippen molar-refractivity contribution in [3.63, 3.8) is 0 Å². The first-order valence-corrected chi connectivity index (χ1v) is 8.68. The zero-order chi connectivity index (χ0) is 18.8. The van der Waals surface area contributed by atoms with Crippen LogP contribution in [0.15, 0.2) is 55.1 Å². The van der Waals surface area contributed by atoms with Crippen molar-refractivity contribution in [1.82, 2.24) is 29.5 Å². The summed E-state index contributed by atoms with van der Waals surface area (Å²) in [5.41, 5.74) is 2.30. The molecule has 0 spiro atoms. The van der Waals surface area contributed by atoms with Gasteiger partial charge in [0.05, 0.1) is 18.3 Å². The fourth-order valence-corrected chi connectivity index (χ4v) is 2.81. The number of hydrogen-bond donors (Lipinski definition) is 1. The van der Waals surface area contributed by atoms with Gasteiger partial charge in [0.15, 0.2) is 5.65 Å². The second kappa shape index (κ2) is 6.99. The van der Waals surface area contributed by atoms with Gasteiger partial charge in [-0.05, 0) is 25.5 Å². The summed E-state index contributed by atoms with van der Waals surface area (Å²) in [4.78, 5) is 21.0. The van der Waals surface area contributed by atoms with Crippen LogP contribution < -0.4 is 5.32 Å². The molecule has 1 aromatic carbocycles. The average molecular weight is 361 g/mol.